The molecule has 3 rings (SSSR count). The van der Waals surface area contributed by atoms with Crippen molar-refractivity contribution in [2.45, 2.75) is 37.6 Å². The molecule has 0 radical (unpaired) electrons. The number of hydrogen-bond acceptors (Lipinski definition) is 4. The molecule has 0 aliphatic carbocycles. The molecule has 1 aliphatic rings. The minimum atomic E-state index is -4.37. The molecule has 1 amide bonds. The maximum atomic E-state index is 13.0. The van der Waals surface area contributed by atoms with Crippen LogP contribution in [0.5, 0.6) is 0 Å². The number of thioether (sulfide) groups is 1. The lowest BCUT2D eigenvalue weighted by molar-refractivity contribution is -0.137. The van der Waals surface area contributed by atoms with Crippen LogP contribution >= 0.6 is 11.8 Å². The summed E-state index contributed by atoms with van der Waals surface area (Å²) in [6.07, 6.45) is -3.09. The number of imidazole rings is 1. The van der Waals surface area contributed by atoms with E-state index in [9.17, 15) is 18.0 Å². The Balaban J connectivity index is 1.72. The van der Waals surface area contributed by atoms with Crippen LogP contribution in [0, 0.1) is 0 Å². The van der Waals surface area contributed by atoms with Gasteiger partial charge in [-0.15, -0.1) is 0 Å². The second-order valence-corrected chi connectivity index (χ2v) is 7.11. The summed E-state index contributed by atoms with van der Waals surface area (Å²) in [6, 6.07) is 3.66. The summed E-state index contributed by atoms with van der Waals surface area (Å²) in [7, 11) is 0. The van der Waals surface area contributed by atoms with Crippen LogP contribution < -0.4 is 0 Å². The van der Waals surface area contributed by atoms with Gasteiger partial charge < -0.3 is 14.2 Å². The molecule has 1 fully saturated rings. The summed E-state index contributed by atoms with van der Waals surface area (Å²) in [6.45, 7) is 4.24. The molecule has 26 heavy (non-hydrogen) atoms. The van der Waals surface area contributed by atoms with E-state index in [1.165, 1.54) is 23.9 Å². The predicted molar refractivity (Wildman–Crippen MR) is 93.3 cm³/mol. The van der Waals surface area contributed by atoms with Gasteiger partial charge in [0.05, 0.1) is 23.1 Å². The van der Waals surface area contributed by atoms with Crippen LogP contribution in [0.3, 0.4) is 0 Å². The normalized spacial score (nSPS) is 15.1. The zero-order valence-electron chi connectivity index (χ0n) is 14.4. The van der Waals surface area contributed by atoms with E-state index >= 15 is 0 Å². The molecule has 0 bridgehead atoms. The quantitative estimate of drug-likeness (QED) is 0.522. The lowest BCUT2D eigenvalue weighted by Crippen LogP contribution is -2.25. The number of cyclic esters (lactones) is 1. The second-order valence-electron chi connectivity index (χ2n) is 6.05. The van der Waals surface area contributed by atoms with Crippen LogP contribution in [0.25, 0.3) is 11.0 Å². The number of nitrogens with zero attached hydrogens (tertiary/aromatic N) is 3. The molecule has 5 nitrogen and oxygen atoms in total. The van der Waals surface area contributed by atoms with Crippen LogP contribution in [-0.2, 0) is 17.5 Å². The monoisotopic (exact) mass is 387 g/mol. The van der Waals surface area contributed by atoms with Gasteiger partial charge in [0, 0.05) is 18.8 Å². The fourth-order valence-corrected chi connectivity index (χ4v) is 3.84. The Bertz CT molecular complexity index is 791. The first-order valence-corrected chi connectivity index (χ1v) is 9.50. The predicted octanol–water partition coefficient (Wildman–Crippen LogP) is 4.40. The van der Waals surface area contributed by atoms with Crippen molar-refractivity contribution in [3.63, 3.8) is 0 Å². The average Bonchev–Trinajstić information content (AvgIpc) is 3.15. The summed E-state index contributed by atoms with van der Waals surface area (Å²) in [5.74, 6) is 0.725. The highest BCUT2D eigenvalue weighted by atomic mass is 32.2. The van der Waals surface area contributed by atoms with Gasteiger partial charge >= 0.3 is 12.3 Å². The van der Waals surface area contributed by atoms with Crippen LogP contribution in [0.15, 0.2) is 23.4 Å². The van der Waals surface area contributed by atoms with E-state index in [0.717, 1.165) is 24.7 Å². The Morgan fingerprint density at radius 3 is 2.77 bits per heavy atom. The van der Waals surface area contributed by atoms with Crippen molar-refractivity contribution < 1.29 is 22.7 Å². The van der Waals surface area contributed by atoms with Gasteiger partial charge in [0.2, 0.25) is 0 Å². The number of carbonyl (C=O) groups is 1. The smallest absolute Gasteiger partial charge is 0.416 e. The summed E-state index contributed by atoms with van der Waals surface area (Å²) in [5.41, 5.74) is 0.413. The Kier molecular flexibility index (Phi) is 5.64. The summed E-state index contributed by atoms with van der Waals surface area (Å²) < 4.78 is 45.7. The zero-order chi connectivity index (χ0) is 18.7. The van der Waals surface area contributed by atoms with E-state index in [-0.39, 0.29) is 6.09 Å². The Morgan fingerprint density at radius 1 is 1.31 bits per heavy atom. The summed E-state index contributed by atoms with van der Waals surface area (Å²) >= 11 is 1.50. The van der Waals surface area contributed by atoms with Gasteiger partial charge in [-0.25, -0.2) is 9.78 Å². The van der Waals surface area contributed by atoms with Crippen molar-refractivity contribution >= 4 is 28.9 Å². The molecule has 0 saturated carbocycles. The van der Waals surface area contributed by atoms with Gasteiger partial charge in [0.25, 0.3) is 0 Å². The van der Waals surface area contributed by atoms with Gasteiger partial charge in [0.1, 0.15) is 6.61 Å². The van der Waals surface area contributed by atoms with Crippen molar-refractivity contribution in [1.82, 2.24) is 14.5 Å². The molecular formula is C17H20F3N3O2S. The first-order valence-electron chi connectivity index (χ1n) is 8.52. The van der Waals surface area contributed by atoms with Crippen molar-refractivity contribution in [3.8, 4) is 0 Å². The topological polar surface area (TPSA) is 47.4 Å². The number of halogens is 3. The molecule has 0 atom stereocenters. The van der Waals surface area contributed by atoms with Gasteiger partial charge in [-0.3, -0.25) is 0 Å². The molecule has 1 aromatic carbocycles. The first kappa shape index (κ1) is 18.9. The molecule has 0 unspecified atom stereocenters. The first-order chi connectivity index (χ1) is 12.4. The summed E-state index contributed by atoms with van der Waals surface area (Å²) in [5, 5.41) is 0.713. The number of ether oxygens (including phenoxy) is 1. The second kappa shape index (κ2) is 7.77. The minimum absolute atomic E-state index is 0.284. The Labute approximate surface area is 153 Å². The van der Waals surface area contributed by atoms with Crippen molar-refractivity contribution in [2.24, 2.45) is 0 Å². The number of aryl methyl sites for hydroxylation is 1. The van der Waals surface area contributed by atoms with Crippen LogP contribution in [0.2, 0.25) is 0 Å². The number of carbonyl (C=O) groups excluding carboxylic acids is 1. The highest BCUT2D eigenvalue weighted by Crippen LogP contribution is 2.33. The highest BCUT2D eigenvalue weighted by molar-refractivity contribution is 7.99. The molecule has 142 valence electrons. The minimum Gasteiger partial charge on any atom is -0.448 e. The average molecular weight is 387 g/mol. The van der Waals surface area contributed by atoms with Crippen LogP contribution in [0.4, 0.5) is 18.0 Å². The molecule has 0 spiro atoms. The fourth-order valence-electron chi connectivity index (χ4n) is 2.87. The summed E-state index contributed by atoms with van der Waals surface area (Å²) in [4.78, 5) is 17.5. The number of fused-ring (bicyclic) bond motifs is 1. The van der Waals surface area contributed by atoms with Crippen LogP contribution in [0.1, 0.15) is 25.3 Å². The lowest BCUT2D eigenvalue weighted by atomic mass is 10.2. The van der Waals surface area contributed by atoms with Gasteiger partial charge in [0.15, 0.2) is 5.16 Å². The number of alkyl halides is 3. The standard InChI is InChI=1S/C17H20F3N3O2S/c1-2-6-23-14-11-12(17(18,19)20)4-5-13(14)21-15(23)26-10-3-7-22-8-9-25-16(22)24/h4-5,11H,2-3,6-10H2,1H3. The zero-order valence-corrected chi connectivity index (χ0v) is 15.2. The molecule has 2 heterocycles. The third-order valence-electron chi connectivity index (χ3n) is 4.14. The maximum Gasteiger partial charge on any atom is 0.416 e. The van der Waals surface area contributed by atoms with E-state index < -0.39 is 11.7 Å². The number of benzene rings is 1. The maximum absolute atomic E-state index is 13.0. The molecule has 1 saturated heterocycles. The third-order valence-corrected chi connectivity index (χ3v) is 5.20. The van der Waals surface area contributed by atoms with Gasteiger partial charge in [-0.05, 0) is 31.0 Å². The molecule has 1 aromatic heterocycles. The number of hydrogen-bond donors (Lipinski definition) is 0. The molecular weight excluding hydrogens is 367 g/mol. The third kappa shape index (κ3) is 4.08. The molecule has 2 aromatic rings. The van der Waals surface area contributed by atoms with E-state index in [0.29, 0.717) is 42.4 Å². The number of aromatic nitrogens is 2. The largest absolute Gasteiger partial charge is 0.448 e. The van der Waals surface area contributed by atoms with Gasteiger partial charge in [-0.2, -0.15) is 13.2 Å². The molecule has 1 aliphatic heterocycles. The number of amides is 1. The van der Waals surface area contributed by atoms with E-state index in [4.69, 9.17) is 4.74 Å². The van der Waals surface area contributed by atoms with Gasteiger partial charge in [-0.1, -0.05) is 18.7 Å². The Morgan fingerprint density at radius 2 is 2.12 bits per heavy atom. The van der Waals surface area contributed by atoms with E-state index in [1.54, 1.807) is 4.90 Å². The van der Waals surface area contributed by atoms with Crippen LogP contribution in [-0.4, -0.2) is 46.0 Å². The fraction of sp³-hybridized carbons (Fsp3) is 0.529. The van der Waals surface area contributed by atoms with E-state index in [1.807, 2.05) is 11.5 Å². The lowest BCUT2D eigenvalue weighted by Gasteiger charge is -2.12. The SMILES string of the molecule is CCCn1c(SCCCN2CCOC2=O)nc2ccc(C(F)(F)F)cc21. The molecule has 0 N–H and O–H groups in total. The highest BCUT2D eigenvalue weighted by Gasteiger charge is 2.31. The Hall–Kier alpha value is -1.90. The molecule has 9 heteroatoms. The van der Waals surface area contributed by atoms with Crippen molar-refractivity contribution in [2.75, 3.05) is 25.4 Å². The van der Waals surface area contributed by atoms with Crippen molar-refractivity contribution in [1.29, 1.82) is 0 Å². The van der Waals surface area contributed by atoms with Crippen molar-refractivity contribution in [3.05, 3.63) is 23.8 Å². The van der Waals surface area contributed by atoms with E-state index in [2.05, 4.69) is 4.98 Å². The number of rotatable bonds is 7.